The van der Waals surface area contributed by atoms with E-state index in [1.54, 1.807) is 0 Å². The molecule has 1 aromatic carbocycles. The van der Waals surface area contributed by atoms with Gasteiger partial charge in [-0.15, -0.1) is 0 Å². The first-order valence-electron chi connectivity index (χ1n) is 8.44. The quantitative estimate of drug-likeness (QED) is 0.366. The largest absolute Gasteiger partial charge is 0.467 e. The Balaban J connectivity index is 1.62. The number of benzene rings is 1. The molecule has 0 aliphatic carbocycles. The van der Waals surface area contributed by atoms with Gasteiger partial charge in [0, 0.05) is 29.5 Å². The number of rotatable bonds is 5. The molecule has 144 valence electrons. The first-order valence-corrected chi connectivity index (χ1v) is 8.44. The highest BCUT2D eigenvalue weighted by molar-refractivity contribution is 5.90. The lowest BCUT2D eigenvalue weighted by molar-refractivity contribution is -0.385. The summed E-state index contributed by atoms with van der Waals surface area (Å²) in [5, 5.41) is 15.2. The topological polar surface area (TPSA) is 131 Å². The summed E-state index contributed by atoms with van der Waals surface area (Å²) < 4.78 is 17.5. The Morgan fingerprint density at radius 1 is 1.39 bits per heavy atom. The third-order valence-corrected chi connectivity index (χ3v) is 4.30. The third kappa shape index (κ3) is 3.11. The van der Waals surface area contributed by atoms with Crippen molar-refractivity contribution in [1.29, 1.82) is 0 Å². The number of nitro groups is 1. The fraction of sp³-hybridized carbons (Fsp3) is 0.294. The van der Waals surface area contributed by atoms with Gasteiger partial charge in [-0.2, -0.15) is 10.1 Å². The van der Waals surface area contributed by atoms with Crippen LogP contribution in [0.2, 0.25) is 0 Å². The summed E-state index contributed by atoms with van der Waals surface area (Å²) >= 11 is 0. The van der Waals surface area contributed by atoms with Crippen LogP contribution in [0.5, 0.6) is 5.75 Å². The molecule has 0 fully saturated rings. The first-order chi connectivity index (χ1) is 13.6. The fourth-order valence-electron chi connectivity index (χ4n) is 3.05. The van der Waals surface area contributed by atoms with Crippen LogP contribution >= 0.6 is 0 Å². The van der Waals surface area contributed by atoms with Crippen molar-refractivity contribution < 1.29 is 23.9 Å². The summed E-state index contributed by atoms with van der Waals surface area (Å²) in [6.45, 7) is 1.89. The normalized spacial score (nSPS) is 13.0. The molecule has 1 aliphatic heterocycles. The van der Waals surface area contributed by atoms with Crippen LogP contribution in [0.3, 0.4) is 0 Å². The minimum absolute atomic E-state index is 0.0264. The van der Waals surface area contributed by atoms with E-state index in [-0.39, 0.29) is 31.3 Å². The Morgan fingerprint density at radius 2 is 2.25 bits per heavy atom. The van der Waals surface area contributed by atoms with Gasteiger partial charge in [0.05, 0.1) is 22.8 Å². The number of carbonyl (C=O) groups excluding carboxylic acids is 1. The van der Waals surface area contributed by atoms with Crippen LogP contribution in [-0.2, 0) is 29.1 Å². The molecule has 0 bridgehead atoms. The van der Waals surface area contributed by atoms with Gasteiger partial charge in [0.1, 0.15) is 18.7 Å². The zero-order valence-corrected chi connectivity index (χ0v) is 14.8. The van der Waals surface area contributed by atoms with E-state index >= 15 is 0 Å². The number of nitrogens with zero attached hydrogens (tertiary/aromatic N) is 5. The molecule has 3 heterocycles. The van der Waals surface area contributed by atoms with Crippen molar-refractivity contribution >= 4 is 17.4 Å². The van der Waals surface area contributed by atoms with Crippen LogP contribution in [0.15, 0.2) is 24.7 Å². The van der Waals surface area contributed by atoms with Crippen molar-refractivity contribution in [2.24, 2.45) is 0 Å². The summed E-state index contributed by atoms with van der Waals surface area (Å²) in [5.74, 6) is 0.203. The molecule has 11 heteroatoms. The molecule has 2 aromatic heterocycles. The lowest BCUT2D eigenvalue weighted by atomic mass is 10.1. The maximum Gasteiger partial charge on any atom is 0.341 e. The monoisotopic (exact) mass is 385 g/mol. The minimum Gasteiger partial charge on any atom is -0.467 e. The standard InChI is InChI=1S/C17H15N5O6/c1-2-14-13(5-18-17-19-8-20-21(14)17)16(23)27-7-11-4-12(22(24)25)3-10-6-26-9-28-15(10)11/h3-5,8H,2,6-7,9H2,1H3. The Labute approximate surface area is 158 Å². The summed E-state index contributed by atoms with van der Waals surface area (Å²) in [6.07, 6.45) is 3.25. The van der Waals surface area contributed by atoms with Gasteiger partial charge in [-0.05, 0) is 6.42 Å². The molecule has 0 saturated heterocycles. The van der Waals surface area contributed by atoms with Gasteiger partial charge in [0.15, 0.2) is 6.79 Å². The maximum atomic E-state index is 12.6. The number of carbonyl (C=O) groups is 1. The van der Waals surface area contributed by atoms with Crippen LogP contribution in [0, 0.1) is 10.1 Å². The highest BCUT2D eigenvalue weighted by atomic mass is 16.7. The van der Waals surface area contributed by atoms with Crippen molar-refractivity contribution in [2.75, 3.05) is 6.79 Å². The van der Waals surface area contributed by atoms with E-state index in [1.807, 2.05) is 6.92 Å². The number of ether oxygens (including phenoxy) is 3. The van der Waals surface area contributed by atoms with Gasteiger partial charge in [0.2, 0.25) is 0 Å². The molecule has 0 saturated carbocycles. The van der Waals surface area contributed by atoms with Crippen LogP contribution < -0.4 is 4.74 Å². The van der Waals surface area contributed by atoms with E-state index in [2.05, 4.69) is 15.1 Å². The maximum absolute atomic E-state index is 12.6. The highest BCUT2D eigenvalue weighted by Crippen LogP contribution is 2.33. The van der Waals surface area contributed by atoms with Gasteiger partial charge in [-0.25, -0.2) is 14.3 Å². The van der Waals surface area contributed by atoms with Crippen molar-refractivity contribution in [1.82, 2.24) is 19.6 Å². The molecule has 4 rings (SSSR count). The number of nitro benzene ring substituents is 1. The number of aryl methyl sites for hydroxylation is 1. The molecule has 1 aliphatic rings. The van der Waals surface area contributed by atoms with Crippen LogP contribution in [0.4, 0.5) is 5.69 Å². The zero-order valence-electron chi connectivity index (χ0n) is 14.8. The van der Waals surface area contributed by atoms with Gasteiger partial charge >= 0.3 is 5.97 Å². The average Bonchev–Trinajstić information content (AvgIpc) is 3.19. The highest BCUT2D eigenvalue weighted by Gasteiger charge is 2.23. The molecular weight excluding hydrogens is 370 g/mol. The lowest BCUT2D eigenvalue weighted by Crippen LogP contribution is -2.16. The summed E-state index contributed by atoms with van der Waals surface area (Å²) in [5.41, 5.74) is 1.67. The molecule has 0 N–H and O–H groups in total. The van der Waals surface area contributed by atoms with Crippen LogP contribution in [0.25, 0.3) is 5.78 Å². The Morgan fingerprint density at radius 3 is 3.04 bits per heavy atom. The van der Waals surface area contributed by atoms with Gasteiger partial charge in [-0.1, -0.05) is 6.92 Å². The van der Waals surface area contributed by atoms with Gasteiger partial charge < -0.3 is 14.2 Å². The van der Waals surface area contributed by atoms with E-state index < -0.39 is 10.9 Å². The van der Waals surface area contributed by atoms with Crippen LogP contribution in [-0.4, -0.2) is 37.3 Å². The number of hydrogen-bond acceptors (Lipinski definition) is 9. The summed E-state index contributed by atoms with van der Waals surface area (Å²) in [4.78, 5) is 31.4. The lowest BCUT2D eigenvalue weighted by Gasteiger charge is -2.20. The predicted octanol–water partition coefficient (Wildman–Crippen LogP) is 1.82. The SMILES string of the molecule is CCc1c(C(=O)OCc2cc([N+](=O)[O-])cc3c2OCOC3)cnc2ncnn12. The van der Waals surface area contributed by atoms with Crippen LogP contribution in [0.1, 0.15) is 34.1 Å². The Kier molecular flexibility index (Phi) is 4.57. The molecule has 0 spiro atoms. The molecule has 28 heavy (non-hydrogen) atoms. The number of hydrogen-bond donors (Lipinski definition) is 0. The van der Waals surface area contributed by atoms with Crippen molar-refractivity contribution in [3.8, 4) is 5.75 Å². The zero-order chi connectivity index (χ0) is 19.7. The molecule has 3 aromatic rings. The van der Waals surface area contributed by atoms with E-state index in [1.165, 1.54) is 29.2 Å². The second-order valence-corrected chi connectivity index (χ2v) is 5.98. The summed E-state index contributed by atoms with van der Waals surface area (Å²) in [6, 6.07) is 2.72. The second-order valence-electron chi connectivity index (χ2n) is 5.98. The van der Waals surface area contributed by atoms with Gasteiger partial charge in [0.25, 0.3) is 11.5 Å². The smallest absolute Gasteiger partial charge is 0.341 e. The number of fused-ring (bicyclic) bond motifs is 2. The van der Waals surface area contributed by atoms with E-state index in [0.29, 0.717) is 34.8 Å². The molecular formula is C17H15N5O6. The Bertz CT molecular complexity index is 1080. The minimum atomic E-state index is -0.617. The van der Waals surface area contributed by atoms with Crippen molar-refractivity contribution in [2.45, 2.75) is 26.6 Å². The molecule has 0 amide bonds. The molecule has 11 nitrogen and oxygen atoms in total. The number of aromatic nitrogens is 4. The fourth-order valence-corrected chi connectivity index (χ4v) is 3.05. The van der Waals surface area contributed by atoms with Crippen molar-refractivity contribution in [3.05, 3.63) is 57.2 Å². The second kappa shape index (κ2) is 7.19. The van der Waals surface area contributed by atoms with E-state index in [0.717, 1.165) is 0 Å². The molecule has 0 unspecified atom stereocenters. The predicted molar refractivity (Wildman–Crippen MR) is 92.7 cm³/mol. The Hall–Kier alpha value is -3.60. The van der Waals surface area contributed by atoms with Gasteiger partial charge in [-0.3, -0.25) is 10.1 Å². The first kappa shape index (κ1) is 17.8. The van der Waals surface area contributed by atoms with Crippen molar-refractivity contribution in [3.63, 3.8) is 0 Å². The number of non-ortho nitro benzene ring substituents is 1. The van der Waals surface area contributed by atoms with E-state index in [4.69, 9.17) is 14.2 Å². The third-order valence-electron chi connectivity index (χ3n) is 4.30. The molecule has 0 atom stereocenters. The summed E-state index contributed by atoms with van der Waals surface area (Å²) in [7, 11) is 0. The van der Waals surface area contributed by atoms with E-state index in [9.17, 15) is 14.9 Å². The average molecular weight is 385 g/mol. The number of esters is 1. The molecule has 0 radical (unpaired) electrons.